The van der Waals surface area contributed by atoms with Crippen LogP contribution < -0.4 is 4.90 Å². The summed E-state index contributed by atoms with van der Waals surface area (Å²) in [6, 6.07) is 14.2. The van der Waals surface area contributed by atoms with Gasteiger partial charge in [-0.1, -0.05) is 50.2 Å². The van der Waals surface area contributed by atoms with Gasteiger partial charge in [0.15, 0.2) is 6.10 Å². The van der Waals surface area contributed by atoms with Gasteiger partial charge in [0.1, 0.15) is 5.82 Å². The molecule has 1 aliphatic rings. The van der Waals surface area contributed by atoms with Crippen LogP contribution in [0.15, 0.2) is 48.5 Å². The number of benzene rings is 2. The topological polar surface area (TPSA) is 82.9 Å². The van der Waals surface area contributed by atoms with E-state index in [4.69, 9.17) is 9.72 Å². The molecule has 1 unspecified atom stereocenters. The highest BCUT2D eigenvalue weighted by Gasteiger charge is 2.36. The van der Waals surface area contributed by atoms with E-state index >= 15 is 0 Å². The maximum absolute atomic E-state index is 13.2. The van der Waals surface area contributed by atoms with Crippen LogP contribution in [0.25, 0.3) is 11.1 Å². The van der Waals surface area contributed by atoms with E-state index in [1.54, 1.807) is 12.1 Å². The number of aliphatic hydroxyl groups excluding tert-OH is 1. The molecule has 3 aromatic rings. The van der Waals surface area contributed by atoms with Crippen LogP contribution in [-0.4, -0.2) is 39.9 Å². The minimum atomic E-state index is -1.17. The number of carboxylic acid groups (broad SMARTS) is 1. The van der Waals surface area contributed by atoms with Crippen molar-refractivity contribution >= 4 is 11.7 Å². The average Bonchev–Trinajstić information content (AvgIpc) is 2.91. The van der Waals surface area contributed by atoms with Crippen molar-refractivity contribution in [2.24, 2.45) is 5.41 Å². The number of aromatic nitrogens is 1. The van der Waals surface area contributed by atoms with Crippen LogP contribution in [0.4, 0.5) is 10.1 Å². The summed E-state index contributed by atoms with van der Waals surface area (Å²) in [5.41, 5.74) is 6.06. The number of carboxylic acids is 1. The highest BCUT2D eigenvalue weighted by molar-refractivity contribution is 5.88. The Morgan fingerprint density at radius 3 is 2.17 bits per heavy atom. The van der Waals surface area contributed by atoms with Gasteiger partial charge in [0.25, 0.3) is 0 Å². The molecule has 2 atom stereocenters. The molecule has 1 fully saturated rings. The van der Waals surface area contributed by atoms with Crippen molar-refractivity contribution in [3.8, 4) is 11.1 Å². The molecule has 42 heavy (non-hydrogen) atoms. The van der Waals surface area contributed by atoms with Crippen molar-refractivity contribution in [2.75, 3.05) is 18.0 Å². The summed E-state index contributed by atoms with van der Waals surface area (Å²) in [7, 11) is 0. The van der Waals surface area contributed by atoms with Crippen molar-refractivity contribution in [2.45, 2.75) is 92.0 Å². The maximum Gasteiger partial charge on any atom is 0.337 e. The van der Waals surface area contributed by atoms with Crippen LogP contribution in [0.1, 0.15) is 94.2 Å². The summed E-state index contributed by atoms with van der Waals surface area (Å²) in [6.45, 7) is 15.6. The third-order valence-electron chi connectivity index (χ3n) is 8.17. The van der Waals surface area contributed by atoms with Crippen molar-refractivity contribution in [3.63, 3.8) is 0 Å². The van der Waals surface area contributed by atoms with E-state index in [1.165, 1.54) is 12.1 Å². The van der Waals surface area contributed by atoms with E-state index < -0.39 is 23.8 Å². The molecule has 4 rings (SSSR count). The number of ether oxygens (including phenoxy) is 1. The maximum atomic E-state index is 13.2. The third kappa shape index (κ3) is 7.56. The van der Waals surface area contributed by atoms with Gasteiger partial charge in [-0.15, -0.1) is 0 Å². The lowest BCUT2D eigenvalue weighted by molar-refractivity contribution is -0.160. The number of hydrogen-bond donors (Lipinski definition) is 2. The monoisotopic (exact) mass is 576 g/mol. The normalized spacial score (nSPS) is 16.7. The number of aliphatic carboxylic acids is 1. The zero-order valence-electron chi connectivity index (χ0n) is 26.0. The molecule has 2 heterocycles. The summed E-state index contributed by atoms with van der Waals surface area (Å²) in [4.78, 5) is 19.8. The Morgan fingerprint density at radius 2 is 1.62 bits per heavy atom. The van der Waals surface area contributed by atoms with Crippen LogP contribution in [-0.2, 0) is 16.0 Å². The van der Waals surface area contributed by atoms with Crippen LogP contribution in [0.2, 0.25) is 0 Å². The van der Waals surface area contributed by atoms with E-state index in [1.807, 2.05) is 58.9 Å². The van der Waals surface area contributed by atoms with Crippen LogP contribution in [0.3, 0.4) is 0 Å². The van der Waals surface area contributed by atoms with Crippen molar-refractivity contribution in [1.82, 2.24) is 4.98 Å². The van der Waals surface area contributed by atoms with Crippen LogP contribution in [0, 0.1) is 25.1 Å². The number of anilines is 1. The van der Waals surface area contributed by atoms with Gasteiger partial charge in [0.2, 0.25) is 0 Å². The molecule has 0 amide bonds. The zero-order valence-corrected chi connectivity index (χ0v) is 26.0. The van der Waals surface area contributed by atoms with Gasteiger partial charge in [0, 0.05) is 35.6 Å². The van der Waals surface area contributed by atoms with Gasteiger partial charge >= 0.3 is 5.97 Å². The SMILES string of the molecule is Cc1nc(C)c([C@H](OC(C)(C)C)C(=O)O)c(N2CCC(C)(C)CC2)c1-c1ccc(C(O)CCc2ccc(F)cc2)cc1. The number of nitrogens with zero attached hydrogens (tertiary/aromatic N) is 2. The molecule has 2 N–H and O–H groups in total. The Kier molecular flexibility index (Phi) is 9.43. The predicted octanol–water partition coefficient (Wildman–Crippen LogP) is 7.74. The number of aliphatic hydroxyl groups is 1. The largest absolute Gasteiger partial charge is 0.479 e. The molecule has 0 radical (unpaired) electrons. The minimum Gasteiger partial charge on any atom is -0.479 e. The van der Waals surface area contributed by atoms with Crippen molar-refractivity contribution in [3.05, 3.63) is 82.4 Å². The summed E-state index contributed by atoms with van der Waals surface area (Å²) < 4.78 is 19.4. The molecular weight excluding hydrogens is 531 g/mol. The first-order chi connectivity index (χ1) is 19.6. The Labute approximate surface area is 249 Å². The molecule has 1 saturated heterocycles. The highest BCUT2D eigenvalue weighted by Crippen LogP contribution is 2.45. The first-order valence-electron chi connectivity index (χ1n) is 14.8. The molecule has 226 valence electrons. The van der Waals surface area contributed by atoms with E-state index in [9.17, 15) is 19.4 Å². The number of rotatable bonds is 9. The molecular formula is C35H45FN2O4. The lowest BCUT2D eigenvalue weighted by Gasteiger charge is -2.41. The smallest absolute Gasteiger partial charge is 0.337 e. The second-order valence-corrected chi connectivity index (χ2v) is 13.3. The van der Waals surface area contributed by atoms with Crippen molar-refractivity contribution < 1.29 is 24.1 Å². The number of carbonyl (C=O) groups is 1. The van der Waals surface area contributed by atoms with Gasteiger partial charge in [-0.25, -0.2) is 9.18 Å². The van der Waals surface area contributed by atoms with Gasteiger partial charge in [-0.2, -0.15) is 0 Å². The molecule has 1 aromatic heterocycles. The Balaban J connectivity index is 1.74. The van der Waals surface area contributed by atoms with E-state index in [0.29, 0.717) is 24.1 Å². The molecule has 6 nitrogen and oxygen atoms in total. The summed E-state index contributed by atoms with van der Waals surface area (Å²) >= 11 is 0. The molecule has 0 spiro atoms. The summed E-state index contributed by atoms with van der Waals surface area (Å²) in [5.74, 6) is -1.31. The fraction of sp³-hybridized carbons (Fsp3) is 0.486. The molecule has 1 aliphatic heterocycles. The molecule has 0 bridgehead atoms. The lowest BCUT2D eigenvalue weighted by Crippen LogP contribution is -2.39. The first kappa shape index (κ1) is 31.6. The number of halogens is 1. The zero-order chi connectivity index (χ0) is 30.8. The molecule has 0 aliphatic carbocycles. The quantitative estimate of drug-likeness (QED) is 0.271. The molecule has 7 heteroatoms. The molecule has 0 saturated carbocycles. The summed E-state index contributed by atoms with van der Waals surface area (Å²) in [6.07, 6.45) is 1.28. The minimum absolute atomic E-state index is 0.216. The summed E-state index contributed by atoms with van der Waals surface area (Å²) in [5, 5.41) is 21.3. The second kappa shape index (κ2) is 12.5. The number of piperidine rings is 1. The van der Waals surface area contributed by atoms with Gasteiger partial charge in [-0.3, -0.25) is 4.98 Å². The first-order valence-corrected chi connectivity index (χ1v) is 14.8. The van der Waals surface area contributed by atoms with Gasteiger partial charge in [-0.05, 0) is 94.5 Å². The molecule has 2 aromatic carbocycles. The van der Waals surface area contributed by atoms with E-state index in [-0.39, 0.29) is 11.2 Å². The third-order valence-corrected chi connectivity index (χ3v) is 8.17. The Bertz CT molecular complexity index is 1380. The fourth-order valence-corrected chi connectivity index (χ4v) is 5.75. The van der Waals surface area contributed by atoms with Gasteiger partial charge in [0.05, 0.1) is 17.4 Å². The van der Waals surface area contributed by atoms with Crippen LogP contribution in [0.5, 0.6) is 0 Å². The van der Waals surface area contributed by atoms with Gasteiger partial charge < -0.3 is 19.8 Å². The number of hydrogen-bond acceptors (Lipinski definition) is 5. The number of pyridine rings is 1. The number of aryl methyl sites for hydroxylation is 3. The average molecular weight is 577 g/mol. The highest BCUT2D eigenvalue weighted by atomic mass is 19.1. The lowest BCUT2D eigenvalue weighted by atomic mass is 9.81. The predicted molar refractivity (Wildman–Crippen MR) is 165 cm³/mol. The Morgan fingerprint density at radius 1 is 1.02 bits per heavy atom. The van der Waals surface area contributed by atoms with Crippen LogP contribution >= 0.6 is 0 Å². The standard InChI is InChI=1S/C35H45FN2O4/c1-22-29(26-13-11-25(12-14-26)28(39)17-10-24-8-15-27(36)16-9-24)31(38-20-18-35(6,7)19-21-38)30(23(2)37-22)32(33(40)41)42-34(3,4)5/h8-9,11-16,28,32,39H,10,17-21H2,1-7H3,(H,40,41)/t28?,32-/m0/s1. The fourth-order valence-electron chi connectivity index (χ4n) is 5.75. The van der Waals surface area contributed by atoms with E-state index in [0.717, 1.165) is 59.6 Å². The second-order valence-electron chi connectivity index (χ2n) is 13.3. The van der Waals surface area contributed by atoms with Crippen molar-refractivity contribution in [1.29, 1.82) is 0 Å². The van der Waals surface area contributed by atoms with E-state index in [2.05, 4.69) is 18.7 Å². The Hall–Kier alpha value is -3.29.